The number of aromatic amines is 1. The molecule has 0 spiro atoms. The fourth-order valence-electron chi connectivity index (χ4n) is 2.32. The van der Waals surface area contributed by atoms with Crippen LogP contribution >= 0.6 is 27.3 Å². The monoisotopic (exact) mass is 409 g/mol. The highest BCUT2D eigenvalue weighted by Crippen LogP contribution is 2.31. The van der Waals surface area contributed by atoms with Crippen molar-refractivity contribution in [2.24, 2.45) is 0 Å². The molecule has 0 aliphatic heterocycles. The van der Waals surface area contributed by atoms with Crippen molar-refractivity contribution < 1.29 is 9.90 Å². The summed E-state index contributed by atoms with van der Waals surface area (Å²) in [4.78, 5) is 12.5. The van der Waals surface area contributed by atoms with Gasteiger partial charge >= 0.3 is 5.97 Å². The van der Waals surface area contributed by atoms with E-state index in [2.05, 4.69) is 36.5 Å². The Morgan fingerprint density at radius 1 is 1.50 bits per heavy atom. The minimum absolute atomic E-state index is 0.265. The number of carboxylic acids is 1. The zero-order chi connectivity index (χ0) is 17.1. The first kappa shape index (κ1) is 16.9. The Morgan fingerprint density at radius 3 is 2.96 bits per heavy atom. The molecule has 3 aromatic rings. The molecule has 3 N–H and O–H groups in total. The smallest absolute Gasteiger partial charge is 0.322 e. The van der Waals surface area contributed by atoms with Gasteiger partial charge in [-0.25, -0.2) is 0 Å². The number of aryl methyl sites for hydroxylation is 1. The lowest BCUT2D eigenvalue weighted by atomic mass is 10.2. The van der Waals surface area contributed by atoms with Gasteiger partial charge in [-0.05, 0) is 40.5 Å². The van der Waals surface area contributed by atoms with Crippen molar-refractivity contribution in [1.29, 1.82) is 0 Å². The summed E-state index contributed by atoms with van der Waals surface area (Å²) in [6.45, 7) is 2.59. The van der Waals surface area contributed by atoms with Crippen LogP contribution in [-0.2, 0) is 17.9 Å². The van der Waals surface area contributed by atoms with E-state index in [1.54, 1.807) is 28.4 Å². The normalized spacial score (nSPS) is 12.4. The second-order valence-electron chi connectivity index (χ2n) is 5.39. The number of rotatable bonds is 7. The molecular formula is C15H16BrN5O2S. The lowest BCUT2D eigenvalue weighted by Gasteiger charge is -2.14. The average Bonchev–Trinajstić information content (AvgIpc) is 3.24. The van der Waals surface area contributed by atoms with Gasteiger partial charge < -0.3 is 5.11 Å². The summed E-state index contributed by atoms with van der Waals surface area (Å²) in [5.41, 5.74) is 2.82. The van der Waals surface area contributed by atoms with Crippen LogP contribution in [0.4, 0.5) is 0 Å². The van der Waals surface area contributed by atoms with Crippen molar-refractivity contribution >= 4 is 33.2 Å². The maximum absolute atomic E-state index is 11.5. The number of H-pyrrole nitrogens is 1. The fraction of sp³-hybridized carbons (Fsp3) is 0.267. The van der Waals surface area contributed by atoms with E-state index >= 15 is 0 Å². The molecule has 0 saturated heterocycles. The molecule has 0 aromatic carbocycles. The average molecular weight is 410 g/mol. The number of nitrogens with one attached hydrogen (secondary N) is 2. The maximum Gasteiger partial charge on any atom is 0.322 e. The molecule has 7 nitrogen and oxygen atoms in total. The van der Waals surface area contributed by atoms with Gasteiger partial charge in [-0.3, -0.25) is 19.9 Å². The van der Waals surface area contributed by atoms with Crippen LogP contribution in [0.3, 0.4) is 0 Å². The largest absolute Gasteiger partial charge is 0.480 e. The molecule has 9 heteroatoms. The molecule has 0 bridgehead atoms. The summed E-state index contributed by atoms with van der Waals surface area (Å²) >= 11 is 5.04. The van der Waals surface area contributed by atoms with Crippen molar-refractivity contribution in [3.8, 4) is 10.6 Å². The number of nitrogens with zero attached hydrogens (tertiary/aromatic N) is 3. The molecule has 126 valence electrons. The van der Waals surface area contributed by atoms with Crippen LogP contribution in [0, 0.1) is 6.92 Å². The van der Waals surface area contributed by atoms with Gasteiger partial charge in [0.25, 0.3) is 0 Å². The van der Waals surface area contributed by atoms with E-state index in [1.807, 2.05) is 25.3 Å². The predicted molar refractivity (Wildman–Crippen MR) is 94.8 cm³/mol. The Balaban J connectivity index is 1.69. The predicted octanol–water partition coefficient (Wildman–Crippen LogP) is 2.65. The first-order valence-electron chi connectivity index (χ1n) is 7.26. The first-order valence-corrected chi connectivity index (χ1v) is 8.87. The van der Waals surface area contributed by atoms with Gasteiger partial charge in [0.05, 0.1) is 33.3 Å². The number of carbonyl (C=O) groups is 1. The number of halogens is 1. The second-order valence-corrected chi connectivity index (χ2v) is 7.85. The van der Waals surface area contributed by atoms with Crippen LogP contribution in [0.15, 0.2) is 34.5 Å². The summed E-state index contributed by atoms with van der Waals surface area (Å²) in [6.07, 6.45) is 5.25. The van der Waals surface area contributed by atoms with Crippen LogP contribution in [0.1, 0.15) is 11.1 Å². The van der Waals surface area contributed by atoms with Gasteiger partial charge in [0, 0.05) is 18.3 Å². The summed E-state index contributed by atoms with van der Waals surface area (Å²) in [5, 5.41) is 23.7. The molecule has 3 aromatic heterocycles. The van der Waals surface area contributed by atoms with Gasteiger partial charge in [-0.1, -0.05) is 0 Å². The zero-order valence-electron chi connectivity index (χ0n) is 12.9. The Hall–Kier alpha value is -1.97. The quantitative estimate of drug-likeness (QED) is 0.557. The van der Waals surface area contributed by atoms with Crippen molar-refractivity contribution in [1.82, 2.24) is 25.3 Å². The third kappa shape index (κ3) is 3.92. The molecule has 0 aliphatic rings. The van der Waals surface area contributed by atoms with Crippen LogP contribution in [0.2, 0.25) is 0 Å². The zero-order valence-corrected chi connectivity index (χ0v) is 15.3. The number of hydrogen-bond acceptors (Lipinski definition) is 5. The van der Waals surface area contributed by atoms with Crippen LogP contribution in [0.25, 0.3) is 10.6 Å². The molecule has 24 heavy (non-hydrogen) atoms. The van der Waals surface area contributed by atoms with E-state index in [9.17, 15) is 9.90 Å². The highest BCUT2D eigenvalue weighted by atomic mass is 79.9. The Bertz CT molecular complexity index is 840. The summed E-state index contributed by atoms with van der Waals surface area (Å²) in [5.74, 6) is -0.910. The van der Waals surface area contributed by atoms with E-state index in [0.717, 1.165) is 25.5 Å². The van der Waals surface area contributed by atoms with Gasteiger partial charge in [0.15, 0.2) is 0 Å². The van der Waals surface area contributed by atoms with Crippen LogP contribution in [-0.4, -0.2) is 37.1 Å². The standard InChI is InChI=1S/C15H16BrN5O2S/c1-9-4-19-21(7-9)8-11(15(22)23)17-5-10-6-18-20-14(10)12-2-3-13(16)24-12/h2-4,6-7,11,17H,5,8H2,1H3,(H,18,20)(H,22,23). The molecular weight excluding hydrogens is 394 g/mol. The molecule has 0 radical (unpaired) electrons. The number of aromatic nitrogens is 4. The summed E-state index contributed by atoms with van der Waals surface area (Å²) in [7, 11) is 0. The minimum atomic E-state index is -0.910. The first-order chi connectivity index (χ1) is 11.5. The van der Waals surface area contributed by atoms with Gasteiger partial charge in [0.2, 0.25) is 0 Å². The third-order valence-corrected chi connectivity index (χ3v) is 5.15. The Kier molecular flexibility index (Phi) is 5.12. The van der Waals surface area contributed by atoms with Gasteiger partial charge in [-0.2, -0.15) is 10.2 Å². The summed E-state index contributed by atoms with van der Waals surface area (Å²) in [6, 6.07) is 3.23. The van der Waals surface area contributed by atoms with Crippen molar-refractivity contribution in [3.05, 3.63) is 45.6 Å². The van der Waals surface area contributed by atoms with Crippen molar-refractivity contribution in [2.75, 3.05) is 0 Å². The number of carboxylic acid groups (broad SMARTS) is 1. The van der Waals surface area contributed by atoms with Crippen molar-refractivity contribution in [2.45, 2.75) is 26.1 Å². The van der Waals surface area contributed by atoms with Crippen LogP contribution in [0.5, 0.6) is 0 Å². The Morgan fingerprint density at radius 2 is 2.33 bits per heavy atom. The molecule has 3 heterocycles. The molecule has 0 fully saturated rings. The maximum atomic E-state index is 11.5. The van der Waals surface area contributed by atoms with Gasteiger partial charge in [0.1, 0.15) is 6.04 Å². The summed E-state index contributed by atoms with van der Waals surface area (Å²) < 4.78 is 2.66. The van der Waals surface area contributed by atoms with E-state index in [1.165, 1.54) is 0 Å². The highest BCUT2D eigenvalue weighted by Gasteiger charge is 2.19. The van der Waals surface area contributed by atoms with E-state index in [-0.39, 0.29) is 6.54 Å². The molecule has 3 rings (SSSR count). The number of hydrogen-bond donors (Lipinski definition) is 3. The Labute approximate surface area is 150 Å². The third-order valence-electron chi connectivity index (χ3n) is 3.51. The molecule has 1 atom stereocenters. The number of thiophene rings is 1. The molecule has 0 aliphatic carbocycles. The van der Waals surface area contributed by atoms with E-state index < -0.39 is 12.0 Å². The van der Waals surface area contributed by atoms with E-state index in [4.69, 9.17) is 0 Å². The molecule has 1 unspecified atom stereocenters. The SMILES string of the molecule is Cc1cnn(CC(NCc2cn[nH]c2-c2ccc(Br)s2)C(=O)O)c1. The topological polar surface area (TPSA) is 95.8 Å². The fourth-order valence-corrected chi connectivity index (χ4v) is 3.74. The minimum Gasteiger partial charge on any atom is -0.480 e. The number of aliphatic carboxylic acids is 1. The lowest BCUT2D eigenvalue weighted by Crippen LogP contribution is -2.40. The second kappa shape index (κ2) is 7.29. The van der Waals surface area contributed by atoms with Crippen molar-refractivity contribution in [3.63, 3.8) is 0 Å². The van der Waals surface area contributed by atoms with Crippen LogP contribution < -0.4 is 5.32 Å². The lowest BCUT2D eigenvalue weighted by molar-refractivity contribution is -0.140. The molecule has 0 amide bonds. The molecule has 0 saturated carbocycles. The van der Waals surface area contributed by atoms with E-state index in [0.29, 0.717) is 6.54 Å². The highest BCUT2D eigenvalue weighted by molar-refractivity contribution is 9.11. The van der Waals surface area contributed by atoms with Gasteiger partial charge in [-0.15, -0.1) is 11.3 Å².